The first-order valence-electron chi connectivity index (χ1n) is 5.14. The van der Waals surface area contributed by atoms with E-state index in [0.717, 1.165) is 25.9 Å². The third-order valence-electron chi connectivity index (χ3n) is 2.65. The fourth-order valence-corrected chi connectivity index (χ4v) is 1.70. The van der Waals surface area contributed by atoms with E-state index in [1.807, 2.05) is 13.8 Å². The molecule has 76 valence electrons. The summed E-state index contributed by atoms with van der Waals surface area (Å²) in [6, 6.07) is 0. The Morgan fingerprint density at radius 1 is 1.54 bits per heavy atom. The number of esters is 1. The van der Waals surface area contributed by atoms with Crippen LogP contribution in [0.4, 0.5) is 0 Å². The van der Waals surface area contributed by atoms with Gasteiger partial charge < -0.3 is 10.1 Å². The van der Waals surface area contributed by atoms with Crippen LogP contribution in [0, 0.1) is 5.92 Å². The molecule has 0 bridgehead atoms. The summed E-state index contributed by atoms with van der Waals surface area (Å²) < 4.78 is 5.27. The van der Waals surface area contributed by atoms with E-state index in [2.05, 4.69) is 5.32 Å². The monoisotopic (exact) mass is 185 g/mol. The van der Waals surface area contributed by atoms with E-state index in [-0.39, 0.29) is 12.1 Å². The minimum Gasteiger partial charge on any atom is -0.462 e. The van der Waals surface area contributed by atoms with E-state index >= 15 is 0 Å². The summed E-state index contributed by atoms with van der Waals surface area (Å²) in [5, 5.41) is 3.30. The molecule has 0 saturated carbocycles. The molecular weight excluding hydrogens is 166 g/mol. The molecule has 0 amide bonds. The maximum atomic E-state index is 11.0. The van der Waals surface area contributed by atoms with Crippen LogP contribution in [0.25, 0.3) is 0 Å². The van der Waals surface area contributed by atoms with Crippen molar-refractivity contribution in [2.24, 2.45) is 5.92 Å². The average Bonchev–Trinajstić information content (AvgIpc) is 2.19. The van der Waals surface area contributed by atoms with Crippen molar-refractivity contribution in [2.45, 2.75) is 39.2 Å². The second kappa shape index (κ2) is 5.22. The normalized spacial score (nSPS) is 21.1. The summed E-state index contributed by atoms with van der Waals surface area (Å²) in [5.41, 5.74) is 0. The van der Waals surface area contributed by atoms with E-state index in [9.17, 15) is 4.79 Å². The highest BCUT2D eigenvalue weighted by Crippen LogP contribution is 2.18. The molecule has 1 heterocycles. The summed E-state index contributed by atoms with van der Waals surface area (Å²) in [7, 11) is 0. The number of carbonyl (C=O) groups excluding carboxylic acids is 1. The number of piperidine rings is 1. The number of hydrogen-bond donors (Lipinski definition) is 1. The maximum Gasteiger partial charge on any atom is 0.305 e. The van der Waals surface area contributed by atoms with Crippen LogP contribution in [-0.2, 0) is 9.53 Å². The molecule has 1 rings (SSSR count). The molecule has 13 heavy (non-hydrogen) atoms. The molecule has 0 aromatic heterocycles. The number of hydrogen-bond acceptors (Lipinski definition) is 3. The highest BCUT2D eigenvalue weighted by atomic mass is 16.5. The second-order valence-electron chi connectivity index (χ2n) is 3.64. The Labute approximate surface area is 79.8 Å². The van der Waals surface area contributed by atoms with Crippen LogP contribution in [-0.4, -0.2) is 25.2 Å². The molecule has 1 fully saturated rings. The second-order valence-corrected chi connectivity index (χ2v) is 3.64. The maximum absolute atomic E-state index is 11.0. The molecule has 1 atom stereocenters. The van der Waals surface area contributed by atoms with E-state index in [1.54, 1.807) is 0 Å². The van der Waals surface area contributed by atoms with Crippen molar-refractivity contribution in [3.63, 3.8) is 0 Å². The lowest BCUT2D eigenvalue weighted by Gasteiger charge is -2.27. The zero-order valence-corrected chi connectivity index (χ0v) is 8.51. The molecule has 0 radical (unpaired) electrons. The topological polar surface area (TPSA) is 38.3 Å². The Hall–Kier alpha value is -0.570. The standard InChI is InChI=1S/C10H19NO2/c1-3-10(12)13-8(2)9-4-6-11-7-5-9/h8-9,11H,3-7H2,1-2H3. The molecule has 1 saturated heterocycles. The summed E-state index contributed by atoms with van der Waals surface area (Å²) in [6.07, 6.45) is 2.82. The fraction of sp³-hybridized carbons (Fsp3) is 0.900. The smallest absolute Gasteiger partial charge is 0.305 e. The molecule has 3 nitrogen and oxygen atoms in total. The quantitative estimate of drug-likeness (QED) is 0.674. The zero-order valence-electron chi connectivity index (χ0n) is 8.51. The Kier molecular flexibility index (Phi) is 4.22. The molecule has 1 N–H and O–H groups in total. The first-order valence-corrected chi connectivity index (χ1v) is 5.14. The lowest BCUT2D eigenvalue weighted by atomic mass is 9.93. The van der Waals surface area contributed by atoms with E-state index in [4.69, 9.17) is 4.74 Å². The highest BCUT2D eigenvalue weighted by molar-refractivity contribution is 5.69. The van der Waals surface area contributed by atoms with Gasteiger partial charge in [0.1, 0.15) is 6.10 Å². The van der Waals surface area contributed by atoms with Crippen molar-refractivity contribution in [1.82, 2.24) is 5.32 Å². The summed E-state index contributed by atoms with van der Waals surface area (Å²) >= 11 is 0. The molecule has 1 aliphatic heterocycles. The molecule has 0 aromatic carbocycles. The van der Waals surface area contributed by atoms with Crippen LogP contribution < -0.4 is 5.32 Å². The van der Waals surface area contributed by atoms with E-state index in [0.29, 0.717) is 12.3 Å². The Bertz CT molecular complexity index is 164. The van der Waals surface area contributed by atoms with Crippen LogP contribution in [0.5, 0.6) is 0 Å². The fourth-order valence-electron chi connectivity index (χ4n) is 1.70. The van der Waals surface area contributed by atoms with Crippen molar-refractivity contribution in [2.75, 3.05) is 13.1 Å². The van der Waals surface area contributed by atoms with E-state index < -0.39 is 0 Å². The zero-order chi connectivity index (χ0) is 9.68. The van der Waals surface area contributed by atoms with Gasteiger partial charge in [0.25, 0.3) is 0 Å². The van der Waals surface area contributed by atoms with Crippen molar-refractivity contribution in [3.8, 4) is 0 Å². The molecule has 3 heteroatoms. The lowest BCUT2D eigenvalue weighted by molar-refractivity contribution is -0.150. The largest absolute Gasteiger partial charge is 0.462 e. The van der Waals surface area contributed by atoms with Crippen LogP contribution in [0.1, 0.15) is 33.1 Å². The van der Waals surface area contributed by atoms with Gasteiger partial charge in [-0.3, -0.25) is 4.79 Å². The third kappa shape index (κ3) is 3.35. The molecule has 1 aliphatic rings. The van der Waals surface area contributed by atoms with Crippen LogP contribution >= 0.6 is 0 Å². The van der Waals surface area contributed by atoms with Gasteiger partial charge in [-0.25, -0.2) is 0 Å². The first kappa shape index (κ1) is 10.5. The van der Waals surface area contributed by atoms with Gasteiger partial charge in [-0.1, -0.05) is 6.92 Å². The van der Waals surface area contributed by atoms with Gasteiger partial charge in [0.2, 0.25) is 0 Å². The van der Waals surface area contributed by atoms with Gasteiger partial charge in [0, 0.05) is 6.42 Å². The summed E-state index contributed by atoms with van der Waals surface area (Å²) in [4.78, 5) is 11.0. The van der Waals surface area contributed by atoms with Crippen molar-refractivity contribution in [1.29, 1.82) is 0 Å². The predicted octanol–water partition coefficient (Wildman–Crippen LogP) is 1.33. The van der Waals surface area contributed by atoms with Gasteiger partial charge in [-0.05, 0) is 38.8 Å². The first-order chi connectivity index (χ1) is 6.24. The number of rotatable bonds is 3. The van der Waals surface area contributed by atoms with Crippen molar-refractivity contribution >= 4 is 5.97 Å². The van der Waals surface area contributed by atoms with Crippen LogP contribution in [0.2, 0.25) is 0 Å². The summed E-state index contributed by atoms with van der Waals surface area (Å²) in [5.74, 6) is 0.475. The Morgan fingerprint density at radius 2 is 2.15 bits per heavy atom. The Balaban J connectivity index is 2.28. The van der Waals surface area contributed by atoms with Gasteiger partial charge in [0.05, 0.1) is 0 Å². The van der Waals surface area contributed by atoms with Crippen LogP contribution in [0.3, 0.4) is 0 Å². The minimum atomic E-state index is -0.0777. The highest BCUT2D eigenvalue weighted by Gasteiger charge is 2.22. The number of nitrogens with one attached hydrogen (secondary N) is 1. The SMILES string of the molecule is CCC(=O)OC(C)C1CCNCC1. The molecule has 0 aromatic rings. The van der Waals surface area contributed by atoms with Crippen LogP contribution in [0.15, 0.2) is 0 Å². The van der Waals surface area contributed by atoms with Gasteiger partial charge in [0.15, 0.2) is 0 Å². The van der Waals surface area contributed by atoms with Gasteiger partial charge in [-0.2, -0.15) is 0 Å². The molecule has 1 unspecified atom stereocenters. The number of carbonyl (C=O) groups is 1. The number of ether oxygens (including phenoxy) is 1. The lowest BCUT2D eigenvalue weighted by Crippen LogP contribution is -2.34. The Morgan fingerprint density at radius 3 is 2.69 bits per heavy atom. The van der Waals surface area contributed by atoms with Crippen molar-refractivity contribution < 1.29 is 9.53 Å². The average molecular weight is 185 g/mol. The van der Waals surface area contributed by atoms with Crippen molar-refractivity contribution in [3.05, 3.63) is 0 Å². The molecule has 0 aliphatic carbocycles. The van der Waals surface area contributed by atoms with Gasteiger partial charge >= 0.3 is 5.97 Å². The summed E-state index contributed by atoms with van der Waals surface area (Å²) in [6.45, 7) is 5.94. The predicted molar refractivity (Wildman–Crippen MR) is 51.4 cm³/mol. The molecular formula is C10H19NO2. The minimum absolute atomic E-state index is 0.0777. The van der Waals surface area contributed by atoms with E-state index in [1.165, 1.54) is 0 Å². The molecule has 0 spiro atoms. The van der Waals surface area contributed by atoms with Gasteiger partial charge in [-0.15, -0.1) is 0 Å². The third-order valence-corrected chi connectivity index (χ3v) is 2.65.